The van der Waals surface area contributed by atoms with Gasteiger partial charge in [0, 0.05) is 28.5 Å². The molecule has 0 spiro atoms. The fourth-order valence-electron chi connectivity index (χ4n) is 4.64. The minimum Gasteiger partial charge on any atom is -0.352 e. The number of nitrogens with one attached hydrogen (secondary N) is 1. The second-order valence-corrected chi connectivity index (χ2v) is 13.7. The van der Waals surface area contributed by atoms with Crippen LogP contribution in [0.2, 0.25) is 5.02 Å². The number of nitrogens with zero attached hydrogens (tertiary/aromatic N) is 2. The molecule has 10 heteroatoms. The van der Waals surface area contributed by atoms with Gasteiger partial charge in [-0.1, -0.05) is 95.1 Å². The highest BCUT2D eigenvalue weighted by Gasteiger charge is 2.35. The largest absolute Gasteiger partial charge is 0.352 e. The zero-order valence-corrected chi connectivity index (χ0v) is 27.7. The molecule has 4 rings (SSSR count). The lowest BCUT2D eigenvalue weighted by Gasteiger charge is -2.34. The minimum absolute atomic E-state index is 0.0394. The summed E-state index contributed by atoms with van der Waals surface area (Å²) in [6, 6.07) is 30.1. The number of carbonyl (C=O) groups excluding carboxylic acids is 2. The summed E-state index contributed by atoms with van der Waals surface area (Å²) in [5, 5.41) is 3.47. The first-order chi connectivity index (χ1) is 21.1. The van der Waals surface area contributed by atoms with Gasteiger partial charge >= 0.3 is 0 Å². The van der Waals surface area contributed by atoms with Crippen molar-refractivity contribution in [2.45, 2.75) is 50.2 Å². The predicted octanol–water partition coefficient (Wildman–Crippen LogP) is 6.85. The molecule has 2 atom stereocenters. The van der Waals surface area contributed by atoms with Crippen molar-refractivity contribution in [1.82, 2.24) is 10.2 Å². The van der Waals surface area contributed by atoms with Gasteiger partial charge in [0.1, 0.15) is 12.6 Å². The second kappa shape index (κ2) is 15.4. The first kappa shape index (κ1) is 33.2. The summed E-state index contributed by atoms with van der Waals surface area (Å²) >= 11 is 9.57. The Morgan fingerprint density at radius 2 is 1.43 bits per heavy atom. The van der Waals surface area contributed by atoms with Gasteiger partial charge in [-0.15, -0.1) is 0 Å². The predicted molar refractivity (Wildman–Crippen MR) is 179 cm³/mol. The van der Waals surface area contributed by atoms with E-state index in [1.165, 1.54) is 17.0 Å². The number of carbonyl (C=O) groups is 2. The van der Waals surface area contributed by atoms with E-state index >= 15 is 0 Å². The lowest BCUT2D eigenvalue weighted by Crippen LogP contribution is -2.54. The monoisotopic (exact) mass is 695 g/mol. The molecular formula is C34H35BrClN3O4S. The summed E-state index contributed by atoms with van der Waals surface area (Å²) in [5.41, 5.74) is 1.94. The van der Waals surface area contributed by atoms with Gasteiger partial charge in [0.05, 0.1) is 10.6 Å². The molecule has 0 unspecified atom stereocenters. The van der Waals surface area contributed by atoms with Crippen LogP contribution in [0.3, 0.4) is 0 Å². The SMILES string of the molecule is CC[C@H](C)NC(=O)[C@H](Cc1ccccc1)N(Cc1ccc(Br)cc1)C(=O)CN(c1ccc(Cl)cc1)S(=O)(=O)c1ccccc1. The van der Waals surface area contributed by atoms with E-state index in [2.05, 4.69) is 21.2 Å². The van der Waals surface area contributed by atoms with E-state index < -0.39 is 28.5 Å². The van der Waals surface area contributed by atoms with Crippen LogP contribution in [-0.4, -0.2) is 43.8 Å². The Kier molecular flexibility index (Phi) is 11.6. The quantitative estimate of drug-likeness (QED) is 0.166. The molecule has 0 fully saturated rings. The molecule has 4 aromatic rings. The highest BCUT2D eigenvalue weighted by molar-refractivity contribution is 9.10. The molecule has 1 N–H and O–H groups in total. The van der Waals surface area contributed by atoms with Crippen LogP contribution in [0.4, 0.5) is 5.69 Å². The molecule has 0 aliphatic heterocycles. The molecule has 0 saturated carbocycles. The van der Waals surface area contributed by atoms with Gasteiger partial charge in [-0.3, -0.25) is 13.9 Å². The lowest BCUT2D eigenvalue weighted by atomic mass is 10.0. The van der Waals surface area contributed by atoms with Gasteiger partial charge in [-0.05, 0) is 73.0 Å². The number of rotatable bonds is 13. The zero-order chi connectivity index (χ0) is 31.7. The topological polar surface area (TPSA) is 86.8 Å². The summed E-state index contributed by atoms with van der Waals surface area (Å²) in [6.45, 7) is 3.45. The third-order valence-corrected chi connectivity index (χ3v) is 9.83. The van der Waals surface area contributed by atoms with Crippen LogP contribution in [0.25, 0.3) is 0 Å². The van der Waals surface area contributed by atoms with Gasteiger partial charge in [0.25, 0.3) is 10.0 Å². The first-order valence-electron chi connectivity index (χ1n) is 14.3. The normalized spacial score (nSPS) is 12.6. The van der Waals surface area contributed by atoms with E-state index in [1.807, 2.05) is 68.4 Å². The van der Waals surface area contributed by atoms with Gasteiger partial charge in [-0.2, -0.15) is 0 Å². The number of halogens is 2. The van der Waals surface area contributed by atoms with Crippen LogP contribution >= 0.6 is 27.5 Å². The summed E-state index contributed by atoms with van der Waals surface area (Å²) in [4.78, 5) is 29.8. The van der Waals surface area contributed by atoms with Crippen molar-refractivity contribution >= 4 is 55.1 Å². The molecule has 0 radical (unpaired) electrons. The zero-order valence-electron chi connectivity index (χ0n) is 24.6. The van der Waals surface area contributed by atoms with Crippen molar-refractivity contribution in [2.24, 2.45) is 0 Å². The lowest BCUT2D eigenvalue weighted by molar-refractivity contribution is -0.140. The Balaban J connectivity index is 1.79. The van der Waals surface area contributed by atoms with Crippen LogP contribution in [0, 0.1) is 0 Å². The van der Waals surface area contributed by atoms with E-state index in [0.717, 1.165) is 19.9 Å². The number of anilines is 1. The standard InChI is InChI=1S/C34H35BrClN3O4S/c1-3-25(2)37-34(41)32(22-26-10-6-4-7-11-26)38(23-27-14-16-28(35)17-15-27)33(40)24-39(30-20-18-29(36)19-21-30)44(42,43)31-12-8-5-9-13-31/h4-21,25,32H,3,22-24H2,1-2H3,(H,37,41)/t25-,32-/m0/s1. The van der Waals surface area contributed by atoms with Gasteiger partial charge in [0.2, 0.25) is 11.8 Å². The molecule has 0 aliphatic rings. The van der Waals surface area contributed by atoms with Crippen molar-refractivity contribution < 1.29 is 18.0 Å². The van der Waals surface area contributed by atoms with Crippen LogP contribution < -0.4 is 9.62 Å². The maximum atomic E-state index is 14.4. The Labute approximate surface area is 273 Å². The van der Waals surface area contributed by atoms with E-state index in [9.17, 15) is 18.0 Å². The molecule has 2 amide bonds. The molecule has 0 heterocycles. The average molecular weight is 697 g/mol. The molecule has 4 aromatic carbocycles. The van der Waals surface area contributed by atoms with E-state index in [0.29, 0.717) is 11.4 Å². The van der Waals surface area contributed by atoms with Crippen molar-refractivity contribution in [3.63, 3.8) is 0 Å². The van der Waals surface area contributed by atoms with E-state index in [1.54, 1.807) is 42.5 Å². The maximum absolute atomic E-state index is 14.4. The molecule has 0 saturated heterocycles. The Bertz CT molecular complexity index is 1640. The molecule has 7 nitrogen and oxygen atoms in total. The number of amides is 2. The molecule has 230 valence electrons. The molecule has 0 aromatic heterocycles. The highest BCUT2D eigenvalue weighted by atomic mass is 79.9. The van der Waals surface area contributed by atoms with Crippen molar-refractivity contribution in [2.75, 3.05) is 10.8 Å². The Morgan fingerprint density at radius 1 is 0.841 bits per heavy atom. The van der Waals surface area contributed by atoms with Crippen LogP contribution in [0.5, 0.6) is 0 Å². The number of hydrogen-bond acceptors (Lipinski definition) is 4. The van der Waals surface area contributed by atoms with E-state index in [-0.39, 0.29) is 35.5 Å². The number of hydrogen-bond donors (Lipinski definition) is 1. The minimum atomic E-state index is -4.17. The van der Waals surface area contributed by atoms with Gasteiger partial charge in [0.15, 0.2) is 0 Å². The number of sulfonamides is 1. The van der Waals surface area contributed by atoms with Crippen molar-refractivity contribution in [1.29, 1.82) is 0 Å². The Morgan fingerprint density at radius 3 is 2.02 bits per heavy atom. The van der Waals surface area contributed by atoms with Gasteiger partial charge in [-0.25, -0.2) is 8.42 Å². The fraction of sp³-hybridized carbons (Fsp3) is 0.235. The van der Waals surface area contributed by atoms with Crippen LogP contribution in [0.15, 0.2) is 119 Å². The van der Waals surface area contributed by atoms with Crippen molar-refractivity contribution in [3.05, 3.63) is 130 Å². The van der Waals surface area contributed by atoms with Crippen molar-refractivity contribution in [3.8, 4) is 0 Å². The average Bonchev–Trinajstić information content (AvgIpc) is 3.03. The summed E-state index contributed by atoms with van der Waals surface area (Å²) in [7, 11) is -4.17. The fourth-order valence-corrected chi connectivity index (χ4v) is 6.46. The molecule has 44 heavy (non-hydrogen) atoms. The molecule has 0 bridgehead atoms. The highest BCUT2D eigenvalue weighted by Crippen LogP contribution is 2.26. The third kappa shape index (κ3) is 8.71. The second-order valence-electron chi connectivity index (χ2n) is 10.5. The summed E-state index contributed by atoms with van der Waals surface area (Å²) in [6.07, 6.45) is 0.960. The smallest absolute Gasteiger partial charge is 0.264 e. The van der Waals surface area contributed by atoms with Crippen LogP contribution in [0.1, 0.15) is 31.4 Å². The first-order valence-corrected chi connectivity index (χ1v) is 16.9. The summed E-state index contributed by atoms with van der Waals surface area (Å²) < 4.78 is 29.9. The molecular weight excluding hydrogens is 662 g/mol. The van der Waals surface area contributed by atoms with Gasteiger partial charge < -0.3 is 10.2 Å². The number of benzene rings is 4. The Hall–Kier alpha value is -3.66. The summed E-state index contributed by atoms with van der Waals surface area (Å²) in [5.74, 6) is -0.833. The third-order valence-electron chi connectivity index (χ3n) is 7.26. The van der Waals surface area contributed by atoms with E-state index in [4.69, 9.17) is 11.6 Å². The van der Waals surface area contributed by atoms with Crippen LogP contribution in [-0.2, 0) is 32.6 Å². The maximum Gasteiger partial charge on any atom is 0.264 e. The molecule has 0 aliphatic carbocycles.